The van der Waals surface area contributed by atoms with Gasteiger partial charge in [-0.25, -0.2) is 45.0 Å². The number of anilines is 2. The van der Waals surface area contributed by atoms with Crippen LogP contribution in [0.4, 0.5) is 24.0 Å². The number of rotatable bonds is 6. The first-order valence-electron chi connectivity index (χ1n) is 11.2. The SMILES string of the molecule is O=S1(=O)CCN(c2nc(-c3cccc(NS(=O)(=O)c4cc(F)ccc4F)c3F)c(-c3ccnc(Cl)n3)s2)CC1. The number of hydrogen-bond donors (Lipinski definition) is 1. The Labute approximate surface area is 230 Å². The second-order valence-corrected chi connectivity index (χ2v) is 13.6. The van der Waals surface area contributed by atoms with Crippen LogP contribution in [0.5, 0.6) is 0 Å². The highest BCUT2D eigenvalue weighted by atomic mass is 35.5. The summed E-state index contributed by atoms with van der Waals surface area (Å²) >= 11 is 7.09. The number of sulfonamides is 1. The summed E-state index contributed by atoms with van der Waals surface area (Å²) in [7, 11) is -7.88. The lowest BCUT2D eigenvalue weighted by atomic mass is 10.1. The fourth-order valence-electron chi connectivity index (χ4n) is 3.84. The lowest BCUT2D eigenvalue weighted by molar-refractivity contribution is 0.555. The quantitative estimate of drug-likeness (QED) is 0.317. The highest BCUT2D eigenvalue weighted by Gasteiger charge is 2.28. The molecule has 2 aromatic heterocycles. The van der Waals surface area contributed by atoms with Crippen LogP contribution in [0.3, 0.4) is 0 Å². The maximum atomic E-state index is 15.8. The molecule has 0 unspecified atom stereocenters. The summed E-state index contributed by atoms with van der Waals surface area (Å²) in [5, 5.41) is 0.327. The van der Waals surface area contributed by atoms with E-state index >= 15 is 4.39 Å². The molecular weight excluding hydrogens is 599 g/mol. The Balaban J connectivity index is 1.59. The molecule has 0 saturated carbocycles. The molecule has 0 aliphatic carbocycles. The maximum Gasteiger partial charge on any atom is 0.265 e. The van der Waals surface area contributed by atoms with Crippen molar-refractivity contribution in [3.8, 4) is 21.8 Å². The third kappa shape index (κ3) is 5.71. The largest absolute Gasteiger partial charge is 0.346 e. The highest BCUT2D eigenvalue weighted by Crippen LogP contribution is 2.42. The van der Waals surface area contributed by atoms with Gasteiger partial charge in [0.1, 0.15) is 16.5 Å². The summed E-state index contributed by atoms with van der Waals surface area (Å²) in [4.78, 5) is 13.7. The van der Waals surface area contributed by atoms with E-state index in [2.05, 4.69) is 15.0 Å². The number of hydrogen-bond acceptors (Lipinski definition) is 9. The molecular formula is C23H17ClF3N5O4S3. The van der Waals surface area contributed by atoms with Gasteiger partial charge in [-0.15, -0.1) is 0 Å². The molecule has 1 aliphatic rings. The molecule has 0 radical (unpaired) electrons. The molecule has 5 rings (SSSR count). The van der Waals surface area contributed by atoms with Crippen LogP contribution in [0.1, 0.15) is 0 Å². The monoisotopic (exact) mass is 615 g/mol. The van der Waals surface area contributed by atoms with E-state index in [1.165, 1.54) is 24.4 Å². The van der Waals surface area contributed by atoms with Gasteiger partial charge < -0.3 is 4.90 Å². The summed E-state index contributed by atoms with van der Waals surface area (Å²) in [5.74, 6) is -3.37. The zero-order valence-electron chi connectivity index (χ0n) is 19.6. The Hall–Kier alpha value is -3.27. The van der Waals surface area contributed by atoms with Crippen LogP contribution in [0.25, 0.3) is 21.8 Å². The van der Waals surface area contributed by atoms with Gasteiger partial charge in [0.2, 0.25) is 5.28 Å². The van der Waals surface area contributed by atoms with Gasteiger partial charge in [0, 0.05) is 24.8 Å². The molecule has 0 bridgehead atoms. The molecule has 2 aromatic carbocycles. The minimum Gasteiger partial charge on any atom is -0.346 e. The number of benzene rings is 2. The minimum absolute atomic E-state index is 0.0706. The molecule has 0 spiro atoms. The van der Waals surface area contributed by atoms with E-state index < -0.39 is 47.9 Å². The molecule has 1 saturated heterocycles. The van der Waals surface area contributed by atoms with E-state index in [4.69, 9.17) is 11.6 Å². The Kier molecular flexibility index (Phi) is 7.26. The number of thiazole rings is 1. The summed E-state index contributed by atoms with van der Waals surface area (Å²) in [6, 6.07) is 7.28. The number of halogens is 4. The zero-order chi connectivity index (χ0) is 27.9. The predicted molar refractivity (Wildman–Crippen MR) is 142 cm³/mol. The van der Waals surface area contributed by atoms with Crippen LogP contribution in [-0.4, -0.2) is 56.4 Å². The predicted octanol–water partition coefficient (Wildman–Crippen LogP) is 4.37. The lowest BCUT2D eigenvalue weighted by Crippen LogP contribution is -2.40. The topological polar surface area (TPSA) is 122 Å². The van der Waals surface area contributed by atoms with E-state index in [0.29, 0.717) is 27.8 Å². The fraction of sp³-hybridized carbons (Fsp3) is 0.174. The molecule has 204 valence electrons. The van der Waals surface area contributed by atoms with Gasteiger partial charge in [-0.2, -0.15) is 0 Å². The van der Waals surface area contributed by atoms with Gasteiger partial charge in [-0.3, -0.25) is 4.72 Å². The van der Waals surface area contributed by atoms with Crippen molar-refractivity contribution >= 4 is 53.6 Å². The van der Waals surface area contributed by atoms with Crippen molar-refractivity contribution in [2.24, 2.45) is 0 Å². The standard InChI is InChI=1S/C23H17ClF3N5O4S3/c24-22-28-7-6-17(29-22)21-20(30-23(37-21)32-8-10-38(33,34)11-9-32)14-2-1-3-16(19(14)27)31-39(35,36)18-12-13(25)4-5-15(18)26/h1-7,12,31H,8-11H2. The molecule has 4 aromatic rings. The van der Waals surface area contributed by atoms with E-state index in [1.807, 2.05) is 4.72 Å². The van der Waals surface area contributed by atoms with E-state index in [1.54, 1.807) is 4.90 Å². The van der Waals surface area contributed by atoms with Crippen molar-refractivity contribution in [3.05, 3.63) is 71.4 Å². The van der Waals surface area contributed by atoms with Crippen molar-refractivity contribution in [2.75, 3.05) is 34.2 Å². The molecule has 16 heteroatoms. The lowest BCUT2D eigenvalue weighted by Gasteiger charge is -2.25. The summed E-state index contributed by atoms with van der Waals surface area (Å²) in [6.07, 6.45) is 1.40. The van der Waals surface area contributed by atoms with Crippen LogP contribution in [0.2, 0.25) is 5.28 Å². The van der Waals surface area contributed by atoms with Crippen molar-refractivity contribution in [2.45, 2.75) is 4.90 Å². The van der Waals surface area contributed by atoms with E-state index in [-0.39, 0.29) is 41.1 Å². The summed E-state index contributed by atoms with van der Waals surface area (Å²) in [5.41, 5.74) is -0.243. The molecule has 1 fully saturated rings. The Morgan fingerprint density at radius 2 is 1.77 bits per heavy atom. The van der Waals surface area contributed by atoms with Crippen molar-refractivity contribution in [1.29, 1.82) is 0 Å². The summed E-state index contributed by atoms with van der Waals surface area (Å²) in [6.45, 7) is 0.363. The van der Waals surface area contributed by atoms with Gasteiger partial charge in [-0.05, 0) is 48.0 Å². The van der Waals surface area contributed by atoms with Gasteiger partial charge in [0.15, 0.2) is 20.8 Å². The van der Waals surface area contributed by atoms with Gasteiger partial charge in [0.05, 0.1) is 33.5 Å². The van der Waals surface area contributed by atoms with Crippen LogP contribution < -0.4 is 9.62 Å². The third-order valence-corrected chi connectivity index (χ3v) is 10.1. The Bertz CT molecular complexity index is 1790. The fourth-order valence-corrected chi connectivity index (χ4v) is 7.44. The van der Waals surface area contributed by atoms with Gasteiger partial charge in [0.25, 0.3) is 10.0 Å². The van der Waals surface area contributed by atoms with Crippen molar-refractivity contribution in [3.63, 3.8) is 0 Å². The average Bonchev–Trinajstić information content (AvgIpc) is 3.32. The van der Waals surface area contributed by atoms with E-state index in [0.717, 1.165) is 23.5 Å². The second kappa shape index (κ2) is 10.4. The summed E-state index contributed by atoms with van der Waals surface area (Å²) < 4.78 is 94.9. The number of nitrogens with zero attached hydrogens (tertiary/aromatic N) is 4. The molecule has 0 amide bonds. The first-order valence-corrected chi connectivity index (χ1v) is 15.7. The first-order chi connectivity index (χ1) is 18.4. The van der Waals surface area contributed by atoms with Gasteiger partial charge in [-0.1, -0.05) is 17.4 Å². The van der Waals surface area contributed by atoms with Crippen molar-refractivity contribution < 1.29 is 30.0 Å². The van der Waals surface area contributed by atoms with Crippen LogP contribution in [0, 0.1) is 17.5 Å². The maximum absolute atomic E-state index is 15.8. The molecule has 1 N–H and O–H groups in total. The minimum atomic E-state index is -4.70. The highest BCUT2D eigenvalue weighted by molar-refractivity contribution is 7.92. The molecule has 3 heterocycles. The van der Waals surface area contributed by atoms with E-state index in [9.17, 15) is 25.6 Å². The molecule has 1 aliphatic heterocycles. The number of aromatic nitrogens is 3. The van der Waals surface area contributed by atoms with Crippen LogP contribution >= 0.6 is 22.9 Å². The molecule has 9 nitrogen and oxygen atoms in total. The first kappa shape index (κ1) is 27.3. The normalized spacial score (nSPS) is 15.3. The Morgan fingerprint density at radius 3 is 2.49 bits per heavy atom. The van der Waals surface area contributed by atoms with Crippen molar-refractivity contribution in [1.82, 2.24) is 15.0 Å². The number of nitrogens with one attached hydrogen (secondary N) is 1. The van der Waals surface area contributed by atoms with Gasteiger partial charge >= 0.3 is 0 Å². The smallest absolute Gasteiger partial charge is 0.265 e. The molecule has 39 heavy (non-hydrogen) atoms. The second-order valence-electron chi connectivity index (χ2n) is 8.37. The third-order valence-electron chi connectivity index (χ3n) is 5.77. The van der Waals surface area contributed by atoms with Crippen LogP contribution in [-0.2, 0) is 19.9 Å². The Morgan fingerprint density at radius 1 is 1.03 bits per heavy atom. The number of sulfone groups is 1. The van der Waals surface area contributed by atoms with Crippen LogP contribution in [0.15, 0.2) is 53.6 Å². The average molecular weight is 616 g/mol. The molecule has 0 atom stereocenters. The zero-order valence-corrected chi connectivity index (χ0v) is 22.8.